The van der Waals surface area contributed by atoms with E-state index in [-0.39, 0.29) is 17.2 Å². The van der Waals surface area contributed by atoms with Crippen LogP contribution in [0.2, 0.25) is 0 Å². The molecule has 0 amide bonds. The number of carbonyl (C=O) groups excluding carboxylic acids is 1. The number of aromatic nitrogens is 3. The minimum absolute atomic E-state index is 0.0247. The second-order valence-electron chi connectivity index (χ2n) is 6.07. The van der Waals surface area contributed by atoms with E-state index in [0.717, 1.165) is 36.9 Å². The number of aryl methyl sites for hydroxylation is 3. The van der Waals surface area contributed by atoms with Gasteiger partial charge in [0.15, 0.2) is 7.05 Å². The Morgan fingerprint density at radius 3 is 2.84 bits per heavy atom. The summed E-state index contributed by atoms with van der Waals surface area (Å²) in [7, 11) is 1.53. The fraction of sp³-hybridized carbons (Fsp3) is 0.471. The number of rotatable bonds is 4. The monoisotopic (exact) mass is 359 g/mol. The van der Waals surface area contributed by atoms with Crippen LogP contribution in [0.5, 0.6) is 0 Å². The lowest BCUT2D eigenvalue weighted by atomic mass is 9.96. The Morgan fingerprint density at radius 2 is 2.16 bits per heavy atom. The van der Waals surface area contributed by atoms with Crippen LogP contribution in [0, 0.1) is 11.3 Å². The molecule has 0 fully saturated rings. The third kappa shape index (κ3) is 3.82. The molecule has 3 rings (SSSR count). The largest absolute Gasteiger partial charge is 0.438 e. The molecule has 0 radical (unpaired) electrons. The molecule has 2 aromatic heterocycles. The third-order valence-electron chi connectivity index (χ3n) is 4.29. The van der Waals surface area contributed by atoms with Crippen LogP contribution in [0.25, 0.3) is 0 Å². The zero-order valence-corrected chi connectivity index (χ0v) is 14.8. The Bertz CT molecular complexity index is 894. The van der Waals surface area contributed by atoms with Gasteiger partial charge in [-0.15, -0.1) is 0 Å². The molecular weight excluding hydrogens is 340 g/mol. The van der Waals surface area contributed by atoms with E-state index in [1.165, 1.54) is 36.3 Å². The second kappa shape index (κ2) is 7.66. The van der Waals surface area contributed by atoms with Crippen LogP contribution < -0.4 is 10.3 Å². The lowest BCUT2D eigenvalue weighted by Crippen LogP contribution is -2.39. The van der Waals surface area contributed by atoms with Gasteiger partial charge in [0.1, 0.15) is 11.1 Å². The van der Waals surface area contributed by atoms with Crippen LogP contribution in [-0.4, -0.2) is 21.8 Å². The minimum atomic E-state index is -0.695. The van der Waals surface area contributed by atoms with Gasteiger partial charge in [-0.3, -0.25) is 9.32 Å². The van der Waals surface area contributed by atoms with Gasteiger partial charge in [-0.1, -0.05) is 29.3 Å². The molecule has 0 atom stereocenters. The summed E-state index contributed by atoms with van der Waals surface area (Å²) < 4.78 is 5.85. The van der Waals surface area contributed by atoms with Crippen molar-refractivity contribution in [3.63, 3.8) is 0 Å². The number of fused-ring (bicyclic) bond motifs is 1. The summed E-state index contributed by atoms with van der Waals surface area (Å²) in [6.07, 6.45) is 6.46. The predicted octanol–water partition coefficient (Wildman–Crippen LogP) is 1.69. The van der Waals surface area contributed by atoms with Crippen LogP contribution >= 0.6 is 11.8 Å². The first-order valence-corrected chi connectivity index (χ1v) is 9.25. The van der Waals surface area contributed by atoms with Crippen molar-refractivity contribution >= 4 is 17.5 Å². The Balaban J connectivity index is 1.82. The topological polar surface area (TPSA) is 104 Å². The predicted molar refractivity (Wildman–Crippen MR) is 90.4 cm³/mol. The van der Waals surface area contributed by atoms with Gasteiger partial charge >= 0.3 is 11.3 Å². The number of hydrogen-bond donors (Lipinski definition) is 1. The molecule has 0 saturated heterocycles. The van der Waals surface area contributed by atoms with Crippen molar-refractivity contribution in [3.8, 4) is 6.07 Å². The highest BCUT2D eigenvalue weighted by atomic mass is 32.2. The highest BCUT2D eigenvalue weighted by Crippen LogP contribution is 2.26. The second-order valence-corrected chi connectivity index (χ2v) is 7.04. The number of pyridine rings is 1. The van der Waals surface area contributed by atoms with E-state index in [1.54, 1.807) is 0 Å². The molecular formula is C17H19N4O3S+. The van der Waals surface area contributed by atoms with E-state index < -0.39 is 5.63 Å². The molecule has 0 aromatic carbocycles. The van der Waals surface area contributed by atoms with Crippen molar-refractivity contribution in [2.45, 2.75) is 43.6 Å². The molecule has 25 heavy (non-hydrogen) atoms. The van der Waals surface area contributed by atoms with E-state index in [2.05, 4.69) is 20.8 Å². The average Bonchev–Trinajstić information content (AvgIpc) is 2.92. The smallest absolute Gasteiger partial charge is 0.286 e. The number of nitrogens with one attached hydrogen (secondary N) is 1. The Labute approximate surface area is 149 Å². The van der Waals surface area contributed by atoms with Gasteiger partial charge in [-0.25, -0.2) is 9.78 Å². The zero-order valence-electron chi connectivity index (χ0n) is 14.0. The number of nitriles is 1. The van der Waals surface area contributed by atoms with Crippen molar-refractivity contribution in [2.24, 2.45) is 7.05 Å². The molecule has 0 bridgehead atoms. The van der Waals surface area contributed by atoms with Crippen molar-refractivity contribution in [1.29, 1.82) is 5.26 Å². The van der Waals surface area contributed by atoms with Gasteiger partial charge in [0, 0.05) is 5.69 Å². The van der Waals surface area contributed by atoms with Gasteiger partial charge in [-0.05, 0) is 42.6 Å². The quantitative estimate of drug-likeness (QED) is 0.506. The fourth-order valence-corrected chi connectivity index (χ4v) is 3.84. The van der Waals surface area contributed by atoms with Crippen molar-refractivity contribution < 1.29 is 14.0 Å². The van der Waals surface area contributed by atoms with E-state index in [0.29, 0.717) is 10.6 Å². The van der Waals surface area contributed by atoms with E-state index in [1.807, 2.05) is 6.07 Å². The summed E-state index contributed by atoms with van der Waals surface area (Å²) in [6, 6.07) is 4.08. The summed E-state index contributed by atoms with van der Waals surface area (Å²) in [5.41, 5.74) is 1.92. The summed E-state index contributed by atoms with van der Waals surface area (Å²) in [4.78, 5) is 28.5. The number of thioether (sulfide) groups is 1. The summed E-state index contributed by atoms with van der Waals surface area (Å²) >= 11 is 1.19. The van der Waals surface area contributed by atoms with E-state index >= 15 is 0 Å². The molecule has 1 aliphatic rings. The molecule has 0 saturated carbocycles. The number of aromatic amines is 1. The number of H-pyrrole nitrogens is 1. The lowest BCUT2D eigenvalue weighted by molar-refractivity contribution is -0.741. The van der Waals surface area contributed by atoms with Crippen LogP contribution in [0.15, 0.2) is 20.4 Å². The maximum absolute atomic E-state index is 12.3. The SMILES string of the molecule is C[n+]1[nH]oc(=O)c1C(=O)CSc1nc2c(cc1C#N)CCCCCC2. The number of carbonyl (C=O) groups is 1. The van der Waals surface area contributed by atoms with Gasteiger partial charge in [0.25, 0.3) is 0 Å². The molecule has 2 aromatic rings. The zero-order chi connectivity index (χ0) is 17.8. The molecule has 130 valence electrons. The average molecular weight is 359 g/mol. The van der Waals surface area contributed by atoms with Crippen molar-refractivity contribution in [1.82, 2.24) is 10.3 Å². The summed E-state index contributed by atoms with van der Waals surface area (Å²) in [5, 5.41) is 12.3. The molecule has 8 heteroatoms. The number of Topliss-reactive ketones (excluding diaryl/α,β-unsaturated/α-hetero) is 1. The highest BCUT2D eigenvalue weighted by molar-refractivity contribution is 8.00. The minimum Gasteiger partial charge on any atom is -0.286 e. The van der Waals surface area contributed by atoms with Gasteiger partial charge in [-0.2, -0.15) is 5.26 Å². The maximum Gasteiger partial charge on any atom is 0.438 e. The molecule has 0 unspecified atom stereocenters. The number of ketones is 1. The standard InChI is InChI=1S/C17H18N4O3S/c1-21-15(17(23)24-20-21)14(22)10-25-16-12(9-18)8-11-6-4-2-3-5-7-13(11)19-16/h8H,2-7,10H2,1H3/p+1. The molecule has 2 heterocycles. The molecule has 7 nitrogen and oxygen atoms in total. The Kier molecular flexibility index (Phi) is 5.34. The lowest BCUT2D eigenvalue weighted by Gasteiger charge is -2.14. The van der Waals surface area contributed by atoms with E-state index in [4.69, 9.17) is 0 Å². The van der Waals surface area contributed by atoms with Crippen LogP contribution in [0.3, 0.4) is 0 Å². The maximum atomic E-state index is 12.3. The fourth-order valence-electron chi connectivity index (χ4n) is 3.00. The Hall–Kier alpha value is -2.40. The first-order chi connectivity index (χ1) is 12.1. The van der Waals surface area contributed by atoms with E-state index in [9.17, 15) is 14.9 Å². The first kappa shape index (κ1) is 17.4. The van der Waals surface area contributed by atoms with Gasteiger partial charge in [0.2, 0.25) is 5.78 Å². The highest BCUT2D eigenvalue weighted by Gasteiger charge is 2.26. The number of hydrogen-bond acceptors (Lipinski definition) is 6. The molecule has 0 spiro atoms. The third-order valence-corrected chi connectivity index (χ3v) is 5.29. The van der Waals surface area contributed by atoms with Crippen molar-refractivity contribution in [3.05, 3.63) is 39.0 Å². The normalized spacial score (nSPS) is 14.2. The first-order valence-electron chi connectivity index (χ1n) is 8.26. The van der Waals surface area contributed by atoms with Crippen LogP contribution in [0.1, 0.15) is 53.0 Å². The number of nitrogens with zero attached hydrogens (tertiary/aromatic N) is 3. The van der Waals surface area contributed by atoms with Crippen molar-refractivity contribution in [2.75, 3.05) is 5.75 Å². The van der Waals surface area contributed by atoms with Crippen LogP contribution in [0.4, 0.5) is 0 Å². The van der Waals surface area contributed by atoms with Gasteiger partial charge in [0.05, 0.1) is 11.3 Å². The Morgan fingerprint density at radius 1 is 1.40 bits per heavy atom. The van der Waals surface area contributed by atoms with Crippen LogP contribution in [-0.2, 0) is 19.9 Å². The summed E-state index contributed by atoms with van der Waals surface area (Å²) in [6.45, 7) is 0. The van der Waals surface area contributed by atoms with Gasteiger partial charge < -0.3 is 0 Å². The molecule has 1 aliphatic carbocycles. The molecule has 1 N–H and O–H groups in total. The molecule has 0 aliphatic heterocycles. The summed E-state index contributed by atoms with van der Waals surface area (Å²) in [5.74, 6) is -0.336.